The lowest BCUT2D eigenvalue weighted by atomic mass is 10.3. The molecule has 0 radical (unpaired) electrons. The third-order valence-corrected chi connectivity index (χ3v) is 2.48. The van der Waals surface area contributed by atoms with Gasteiger partial charge in [-0.25, -0.2) is 9.97 Å². The SMILES string of the molecule is Cc1nc2c(Br)nc(Cl)cc2c(=O)[nH]1. The summed E-state index contributed by atoms with van der Waals surface area (Å²) in [4.78, 5) is 22.2. The predicted molar refractivity (Wildman–Crippen MR) is 57.6 cm³/mol. The van der Waals surface area contributed by atoms with Crippen LogP contribution in [-0.4, -0.2) is 15.0 Å². The Morgan fingerprint density at radius 2 is 2.21 bits per heavy atom. The van der Waals surface area contributed by atoms with Crippen molar-refractivity contribution in [2.75, 3.05) is 0 Å². The van der Waals surface area contributed by atoms with Gasteiger partial charge < -0.3 is 4.98 Å². The van der Waals surface area contributed by atoms with Crippen LogP contribution in [0, 0.1) is 6.92 Å². The monoisotopic (exact) mass is 273 g/mol. The lowest BCUT2D eigenvalue weighted by Gasteiger charge is -2.00. The average Bonchev–Trinajstić information content (AvgIpc) is 2.07. The topological polar surface area (TPSA) is 58.6 Å². The summed E-state index contributed by atoms with van der Waals surface area (Å²) in [6.07, 6.45) is 0. The molecule has 1 N–H and O–H groups in total. The highest BCUT2D eigenvalue weighted by molar-refractivity contribution is 9.10. The van der Waals surface area contributed by atoms with E-state index in [0.717, 1.165) is 0 Å². The van der Waals surface area contributed by atoms with Crippen molar-refractivity contribution in [2.24, 2.45) is 0 Å². The lowest BCUT2D eigenvalue weighted by molar-refractivity contribution is 1.05. The molecule has 0 saturated heterocycles. The maximum Gasteiger partial charge on any atom is 0.258 e. The highest BCUT2D eigenvalue weighted by atomic mass is 79.9. The fourth-order valence-corrected chi connectivity index (χ4v) is 1.97. The summed E-state index contributed by atoms with van der Waals surface area (Å²) in [6, 6.07) is 1.49. The van der Waals surface area contributed by atoms with E-state index in [-0.39, 0.29) is 10.7 Å². The zero-order valence-corrected chi connectivity index (χ0v) is 9.48. The largest absolute Gasteiger partial charge is 0.310 e. The Hall–Kier alpha value is -0.940. The first kappa shape index (κ1) is 9.61. The minimum Gasteiger partial charge on any atom is -0.310 e. The number of hydrogen-bond donors (Lipinski definition) is 1. The van der Waals surface area contributed by atoms with Crippen molar-refractivity contribution in [3.8, 4) is 0 Å². The van der Waals surface area contributed by atoms with E-state index in [4.69, 9.17) is 11.6 Å². The number of aromatic amines is 1. The molecule has 0 amide bonds. The minimum absolute atomic E-state index is 0.211. The van der Waals surface area contributed by atoms with Crippen LogP contribution in [0.1, 0.15) is 5.82 Å². The Kier molecular flexibility index (Phi) is 2.28. The molecule has 6 heteroatoms. The summed E-state index contributed by atoms with van der Waals surface area (Å²) in [5, 5.41) is 0.697. The Morgan fingerprint density at radius 1 is 1.50 bits per heavy atom. The van der Waals surface area contributed by atoms with Crippen LogP contribution in [-0.2, 0) is 0 Å². The third-order valence-electron chi connectivity index (χ3n) is 1.74. The van der Waals surface area contributed by atoms with Gasteiger partial charge in [-0.15, -0.1) is 0 Å². The summed E-state index contributed by atoms with van der Waals surface area (Å²) in [5.74, 6) is 0.548. The first-order valence-electron chi connectivity index (χ1n) is 3.80. The number of hydrogen-bond acceptors (Lipinski definition) is 3. The smallest absolute Gasteiger partial charge is 0.258 e. The zero-order chi connectivity index (χ0) is 10.3. The van der Waals surface area contributed by atoms with E-state index in [1.807, 2.05) is 0 Å². The minimum atomic E-state index is -0.211. The van der Waals surface area contributed by atoms with Gasteiger partial charge in [-0.05, 0) is 28.9 Å². The highest BCUT2D eigenvalue weighted by Crippen LogP contribution is 2.20. The fourth-order valence-electron chi connectivity index (χ4n) is 1.18. The van der Waals surface area contributed by atoms with Crippen molar-refractivity contribution in [1.82, 2.24) is 15.0 Å². The van der Waals surface area contributed by atoms with Gasteiger partial charge in [0.1, 0.15) is 21.1 Å². The van der Waals surface area contributed by atoms with Crippen LogP contribution < -0.4 is 5.56 Å². The Bertz CT molecular complexity index is 566. The number of aromatic nitrogens is 3. The Morgan fingerprint density at radius 3 is 2.93 bits per heavy atom. The van der Waals surface area contributed by atoms with Gasteiger partial charge in [0, 0.05) is 0 Å². The van der Waals surface area contributed by atoms with Crippen molar-refractivity contribution >= 4 is 38.4 Å². The van der Waals surface area contributed by atoms with Crippen LogP contribution in [0.15, 0.2) is 15.5 Å². The van der Waals surface area contributed by atoms with Crippen molar-refractivity contribution < 1.29 is 0 Å². The molecule has 0 bridgehead atoms. The van der Waals surface area contributed by atoms with E-state index >= 15 is 0 Å². The van der Waals surface area contributed by atoms with Crippen LogP contribution in [0.25, 0.3) is 10.9 Å². The number of nitrogens with zero attached hydrogens (tertiary/aromatic N) is 2. The lowest BCUT2D eigenvalue weighted by Crippen LogP contribution is -2.10. The first-order valence-corrected chi connectivity index (χ1v) is 4.97. The molecule has 0 saturated carbocycles. The van der Waals surface area contributed by atoms with Crippen molar-refractivity contribution in [3.63, 3.8) is 0 Å². The summed E-state index contributed by atoms with van der Waals surface area (Å²) >= 11 is 8.92. The molecule has 0 fully saturated rings. The second-order valence-corrected chi connectivity index (χ2v) is 3.92. The van der Waals surface area contributed by atoms with E-state index < -0.39 is 0 Å². The molecule has 2 rings (SSSR count). The summed E-state index contributed by atoms with van der Waals surface area (Å²) in [6.45, 7) is 1.71. The molecule has 0 aliphatic carbocycles. The molecule has 72 valence electrons. The van der Waals surface area contributed by atoms with Crippen LogP contribution >= 0.6 is 27.5 Å². The second-order valence-electron chi connectivity index (χ2n) is 2.78. The van der Waals surface area contributed by atoms with Crippen molar-refractivity contribution in [3.05, 3.63) is 32.0 Å². The van der Waals surface area contributed by atoms with Gasteiger partial charge in [0.2, 0.25) is 0 Å². The number of H-pyrrole nitrogens is 1. The van der Waals surface area contributed by atoms with Crippen LogP contribution in [0.4, 0.5) is 0 Å². The number of rotatable bonds is 0. The van der Waals surface area contributed by atoms with Gasteiger partial charge in [-0.2, -0.15) is 0 Å². The first-order chi connectivity index (χ1) is 6.58. The number of aryl methyl sites for hydroxylation is 1. The molecular formula is C8H5BrClN3O. The normalized spacial score (nSPS) is 10.8. The quantitative estimate of drug-likeness (QED) is 0.748. The standard InChI is InChI=1S/C8H5BrClN3O/c1-3-11-6-4(8(14)12-3)2-5(10)13-7(6)9/h2H,1H3,(H,11,12,14). The Labute approximate surface area is 92.5 Å². The molecule has 2 heterocycles. The molecule has 0 atom stereocenters. The maximum absolute atomic E-state index is 11.5. The van der Waals surface area contributed by atoms with E-state index in [1.54, 1.807) is 6.92 Å². The number of halogens is 2. The summed E-state index contributed by atoms with van der Waals surface area (Å²) in [5.41, 5.74) is 0.313. The molecule has 2 aromatic rings. The summed E-state index contributed by atoms with van der Waals surface area (Å²) < 4.78 is 0.481. The van der Waals surface area contributed by atoms with E-state index in [9.17, 15) is 4.79 Å². The molecule has 0 aromatic carbocycles. The maximum atomic E-state index is 11.5. The molecular weight excluding hydrogens is 269 g/mol. The van der Waals surface area contributed by atoms with E-state index in [1.165, 1.54) is 6.07 Å². The fraction of sp³-hybridized carbons (Fsp3) is 0.125. The van der Waals surface area contributed by atoms with Gasteiger partial charge in [-0.3, -0.25) is 4.79 Å². The molecule has 14 heavy (non-hydrogen) atoms. The van der Waals surface area contributed by atoms with Crippen LogP contribution in [0.2, 0.25) is 5.15 Å². The zero-order valence-electron chi connectivity index (χ0n) is 7.14. The van der Waals surface area contributed by atoms with E-state index in [2.05, 4.69) is 30.9 Å². The van der Waals surface area contributed by atoms with Gasteiger partial charge in [0.25, 0.3) is 5.56 Å². The van der Waals surface area contributed by atoms with Crippen molar-refractivity contribution in [1.29, 1.82) is 0 Å². The van der Waals surface area contributed by atoms with Crippen LogP contribution in [0.3, 0.4) is 0 Å². The average molecular weight is 275 g/mol. The molecule has 2 aromatic heterocycles. The van der Waals surface area contributed by atoms with Gasteiger partial charge in [0.15, 0.2) is 0 Å². The molecule has 0 spiro atoms. The van der Waals surface area contributed by atoms with Gasteiger partial charge in [-0.1, -0.05) is 11.6 Å². The second kappa shape index (κ2) is 3.33. The molecule has 4 nitrogen and oxygen atoms in total. The number of fused-ring (bicyclic) bond motifs is 1. The van der Waals surface area contributed by atoms with Crippen LogP contribution in [0.5, 0.6) is 0 Å². The Balaban J connectivity index is 3.02. The van der Waals surface area contributed by atoms with Crippen molar-refractivity contribution in [2.45, 2.75) is 6.92 Å². The summed E-state index contributed by atoms with van der Waals surface area (Å²) in [7, 11) is 0. The molecule has 0 aliphatic rings. The van der Waals surface area contributed by atoms with Gasteiger partial charge in [0.05, 0.1) is 5.39 Å². The number of pyridine rings is 1. The molecule has 0 unspecified atom stereocenters. The predicted octanol–water partition coefficient (Wildman–Crippen LogP) is 2.04. The molecule has 0 aliphatic heterocycles. The van der Waals surface area contributed by atoms with Gasteiger partial charge >= 0.3 is 0 Å². The number of nitrogens with one attached hydrogen (secondary N) is 1. The highest BCUT2D eigenvalue weighted by Gasteiger charge is 2.07. The third kappa shape index (κ3) is 1.53. The van der Waals surface area contributed by atoms with E-state index in [0.29, 0.717) is 21.3 Å².